The smallest absolute Gasteiger partial charge is 0.105 e. The molecule has 0 fully saturated rings. The molecule has 0 amide bonds. The average Bonchev–Trinajstić information content (AvgIpc) is 3.65. The monoisotopic (exact) mass is 728 g/mol. The van der Waals surface area contributed by atoms with Crippen molar-refractivity contribution in [2.75, 3.05) is 0 Å². The molecule has 2 heterocycles. The van der Waals surface area contributed by atoms with Crippen LogP contribution >= 0.6 is 23.8 Å². The Bertz CT molecular complexity index is 1810. The SMILES string of the molecule is CC(C)[P+]1(C(C)C)c2ccc3c4c(ccc(c24)P1(=S)[S-])CC3.CC(C)[P+]1(C(C)C)c2ccc3c4c(ccc(c24)P1(=S)[S-])CC3. The molecule has 44 heavy (non-hydrogen) atoms. The van der Waals surface area contributed by atoms with Crippen LogP contribution in [0.25, 0.3) is 21.5 Å². The molecule has 4 aliphatic rings. The summed E-state index contributed by atoms with van der Waals surface area (Å²) in [5.41, 5.74) is 8.42. The number of aryl methyl sites for hydroxylation is 4. The molecule has 2 aliphatic heterocycles. The number of benzene rings is 4. The predicted molar refractivity (Wildman–Crippen MR) is 219 cm³/mol. The van der Waals surface area contributed by atoms with Crippen molar-refractivity contribution < 1.29 is 0 Å². The summed E-state index contributed by atoms with van der Waals surface area (Å²) in [6.07, 6.45) is 4.74. The molecule has 2 unspecified atom stereocenters. The van der Waals surface area contributed by atoms with E-state index in [-0.39, 0.29) is 0 Å². The van der Waals surface area contributed by atoms with Crippen molar-refractivity contribution in [3.8, 4) is 0 Å². The van der Waals surface area contributed by atoms with Crippen molar-refractivity contribution in [3.05, 3.63) is 70.8 Å². The quantitative estimate of drug-likeness (QED) is 0.152. The second-order valence-electron chi connectivity index (χ2n) is 14.4. The molecule has 0 saturated heterocycles. The number of rotatable bonds is 4. The highest BCUT2D eigenvalue weighted by molar-refractivity contribution is 8.88. The maximum Gasteiger partial charge on any atom is 0.105 e. The lowest BCUT2D eigenvalue weighted by Crippen LogP contribution is -2.23. The Labute approximate surface area is 287 Å². The van der Waals surface area contributed by atoms with Gasteiger partial charge in [-0.25, -0.2) is 0 Å². The minimum absolute atomic E-state index is 0.585. The van der Waals surface area contributed by atoms with Gasteiger partial charge in [0.1, 0.15) is 10.6 Å². The summed E-state index contributed by atoms with van der Waals surface area (Å²) in [5, 5.41) is 12.0. The molecule has 2 aliphatic carbocycles. The molecule has 0 N–H and O–H groups in total. The first-order chi connectivity index (χ1) is 20.7. The lowest BCUT2D eigenvalue weighted by Gasteiger charge is -2.44. The Balaban J connectivity index is 0.000000142. The normalized spacial score (nSPS) is 24.9. The average molecular weight is 729 g/mol. The third-order valence-corrected chi connectivity index (χ3v) is 49.0. The van der Waals surface area contributed by atoms with Crippen molar-refractivity contribution in [1.29, 1.82) is 0 Å². The summed E-state index contributed by atoms with van der Waals surface area (Å²) in [4.78, 5) is -3.88. The molecule has 0 nitrogen and oxygen atoms in total. The van der Waals surface area contributed by atoms with Crippen molar-refractivity contribution in [2.24, 2.45) is 0 Å². The molecule has 0 bridgehead atoms. The van der Waals surface area contributed by atoms with Gasteiger partial charge in [0.25, 0.3) is 0 Å². The summed E-state index contributed by atoms with van der Waals surface area (Å²) in [6.45, 7) is 15.9. The highest BCUT2D eigenvalue weighted by Gasteiger charge is 2.59. The third-order valence-electron chi connectivity index (χ3n) is 11.3. The van der Waals surface area contributed by atoms with Gasteiger partial charge in [-0.05, 0) is 136 Å². The van der Waals surface area contributed by atoms with Gasteiger partial charge < -0.3 is 24.5 Å². The summed E-state index contributed by atoms with van der Waals surface area (Å²) in [5.74, 6) is 0. The van der Waals surface area contributed by atoms with Gasteiger partial charge in [-0.2, -0.15) is 0 Å². The summed E-state index contributed by atoms with van der Waals surface area (Å²) in [7, 11) is 0. The van der Waals surface area contributed by atoms with Crippen LogP contribution in [0.15, 0.2) is 48.5 Å². The van der Waals surface area contributed by atoms with E-state index in [0.717, 1.165) is 0 Å². The minimum Gasteiger partial charge on any atom is -0.702 e. The number of hydrogen-bond donors (Lipinski definition) is 0. The van der Waals surface area contributed by atoms with E-state index in [1.54, 1.807) is 10.6 Å². The standard InChI is InChI=1S/2C18H22P2S2/c2*1-11(2)19(12(3)4)15-9-7-13-5-6-14-8-10-16(20(19,21)22)18(15)17(13)14/h2*7-12H,5-6H2,1-4H3. The molecule has 0 spiro atoms. The van der Waals surface area contributed by atoms with E-state index in [0.29, 0.717) is 22.6 Å². The van der Waals surface area contributed by atoms with Gasteiger partial charge in [0.2, 0.25) is 0 Å². The Kier molecular flexibility index (Phi) is 8.11. The van der Waals surface area contributed by atoms with Crippen LogP contribution in [0.4, 0.5) is 0 Å². The summed E-state index contributed by atoms with van der Waals surface area (Å²) >= 11 is 25.2. The van der Waals surface area contributed by atoms with Gasteiger partial charge in [-0.15, -0.1) is 0 Å². The molecule has 8 heteroatoms. The molecule has 232 valence electrons. The Hall–Kier alpha value is 0.260. The van der Waals surface area contributed by atoms with Gasteiger partial charge in [-0.3, -0.25) is 0 Å². The molecule has 8 rings (SSSR count). The molecular formula is C36H44P4S4. The highest BCUT2D eigenvalue weighted by atomic mass is 33.1. The van der Waals surface area contributed by atoms with Gasteiger partial charge in [0.15, 0.2) is 0 Å². The van der Waals surface area contributed by atoms with Crippen LogP contribution in [0.5, 0.6) is 0 Å². The van der Waals surface area contributed by atoms with Crippen LogP contribution < -0.4 is 21.2 Å². The van der Waals surface area contributed by atoms with E-state index >= 15 is 0 Å². The Morgan fingerprint density at radius 1 is 0.477 bits per heavy atom. The van der Waals surface area contributed by atoms with Crippen LogP contribution in [0, 0.1) is 0 Å². The summed E-state index contributed by atoms with van der Waals surface area (Å²) < 4.78 is 0. The maximum atomic E-state index is 6.29. The predicted octanol–water partition coefficient (Wildman–Crippen LogP) is 9.79. The fraction of sp³-hybridized carbons (Fsp3) is 0.444. The zero-order chi connectivity index (χ0) is 31.7. The lowest BCUT2D eigenvalue weighted by atomic mass is 10.1. The topological polar surface area (TPSA) is 0 Å². The van der Waals surface area contributed by atoms with Crippen LogP contribution in [0.1, 0.15) is 77.6 Å². The first-order valence-corrected chi connectivity index (χ1v) is 29.1. The first kappa shape index (κ1) is 32.8. The highest BCUT2D eigenvalue weighted by Crippen LogP contribution is 2.95. The van der Waals surface area contributed by atoms with E-state index in [4.69, 9.17) is 48.1 Å². The molecule has 0 saturated carbocycles. The third kappa shape index (κ3) is 3.87. The van der Waals surface area contributed by atoms with Gasteiger partial charge >= 0.3 is 0 Å². The van der Waals surface area contributed by atoms with Crippen molar-refractivity contribution in [2.45, 2.75) is 104 Å². The van der Waals surface area contributed by atoms with Crippen molar-refractivity contribution in [3.63, 3.8) is 0 Å². The van der Waals surface area contributed by atoms with Crippen molar-refractivity contribution in [1.82, 2.24) is 0 Å². The Morgan fingerprint density at radius 3 is 1.02 bits per heavy atom. The fourth-order valence-electron chi connectivity index (χ4n) is 9.82. The van der Waals surface area contributed by atoms with E-state index in [1.165, 1.54) is 80.1 Å². The van der Waals surface area contributed by atoms with Crippen LogP contribution in [-0.2, 0) is 73.8 Å². The van der Waals surface area contributed by atoms with E-state index in [9.17, 15) is 0 Å². The van der Waals surface area contributed by atoms with Crippen LogP contribution in [0.2, 0.25) is 0 Å². The Morgan fingerprint density at radius 2 is 0.750 bits per heavy atom. The molecule has 4 aromatic rings. The molecule has 0 aromatic heterocycles. The van der Waals surface area contributed by atoms with Gasteiger partial charge in [0.05, 0.1) is 36.5 Å². The van der Waals surface area contributed by atoms with Crippen LogP contribution in [-0.4, -0.2) is 22.6 Å². The maximum absolute atomic E-state index is 6.29. The second kappa shape index (κ2) is 10.9. The number of hydrogen-bond acceptors (Lipinski definition) is 4. The summed E-state index contributed by atoms with van der Waals surface area (Å²) in [6, 6.07) is 18.9. The first-order valence-electron chi connectivity index (χ1n) is 16.2. The zero-order valence-corrected chi connectivity index (χ0v) is 34.0. The minimum atomic E-state index is -1.94. The second-order valence-corrected chi connectivity index (χ2v) is 44.2. The fourth-order valence-corrected chi connectivity index (χ4v) is 53.4. The molecule has 4 aromatic carbocycles. The molecular weight excluding hydrogens is 685 g/mol. The van der Waals surface area contributed by atoms with E-state index in [2.05, 4.69) is 104 Å². The largest absolute Gasteiger partial charge is 0.702 e. The zero-order valence-electron chi connectivity index (χ0n) is 27.2. The lowest BCUT2D eigenvalue weighted by molar-refractivity contribution is 1.01. The van der Waals surface area contributed by atoms with Gasteiger partial charge in [0, 0.05) is 21.4 Å². The van der Waals surface area contributed by atoms with Crippen molar-refractivity contribution >= 4 is 115 Å². The van der Waals surface area contributed by atoms with E-state index in [1.807, 2.05) is 0 Å². The van der Waals surface area contributed by atoms with E-state index < -0.39 is 23.8 Å². The molecule has 0 radical (unpaired) electrons. The van der Waals surface area contributed by atoms with Crippen LogP contribution in [0.3, 0.4) is 0 Å². The molecule has 2 atom stereocenters. The van der Waals surface area contributed by atoms with Gasteiger partial charge in [-0.1, -0.05) is 60.0 Å².